The molecule has 0 aromatic heterocycles. The second kappa shape index (κ2) is 12.4. The van der Waals surface area contributed by atoms with Gasteiger partial charge in [0.15, 0.2) is 0 Å². The minimum absolute atomic E-state index is 0.0383. The summed E-state index contributed by atoms with van der Waals surface area (Å²) in [5, 5.41) is 17.9. The van der Waals surface area contributed by atoms with Crippen LogP contribution in [0.15, 0.2) is 0 Å². The monoisotopic (exact) mass is 276 g/mol. The lowest BCUT2D eigenvalue weighted by Crippen LogP contribution is -2.22. The van der Waals surface area contributed by atoms with E-state index in [2.05, 4.69) is 13.8 Å². The molecule has 0 amide bonds. The van der Waals surface area contributed by atoms with Crippen molar-refractivity contribution < 1.29 is 24.5 Å². The summed E-state index contributed by atoms with van der Waals surface area (Å²) in [6.07, 6.45) is 3.93. The van der Waals surface area contributed by atoms with Crippen LogP contribution in [0.5, 0.6) is 0 Å². The highest BCUT2D eigenvalue weighted by atomic mass is 16.5. The molecule has 5 heteroatoms. The van der Waals surface area contributed by atoms with Crippen molar-refractivity contribution in [3.8, 4) is 0 Å². The number of aliphatic hydroxyl groups is 1. The van der Waals surface area contributed by atoms with E-state index in [1.807, 2.05) is 0 Å². The van der Waals surface area contributed by atoms with Crippen molar-refractivity contribution in [1.82, 2.24) is 0 Å². The number of hydrogen-bond donors (Lipinski definition) is 2. The molecule has 0 saturated heterocycles. The highest BCUT2D eigenvalue weighted by Crippen LogP contribution is 2.07. The van der Waals surface area contributed by atoms with Gasteiger partial charge in [-0.25, -0.2) is 0 Å². The predicted octanol–water partition coefficient (Wildman–Crippen LogP) is 2.07. The fraction of sp³-hybridized carbons (Fsp3) is 0.929. The molecule has 1 unspecified atom stereocenters. The van der Waals surface area contributed by atoms with Gasteiger partial charge in [-0.05, 0) is 12.3 Å². The average molecular weight is 276 g/mol. The van der Waals surface area contributed by atoms with Crippen LogP contribution in [0.2, 0.25) is 0 Å². The molecule has 0 saturated carbocycles. The van der Waals surface area contributed by atoms with Gasteiger partial charge in [0.25, 0.3) is 0 Å². The molecule has 0 fully saturated rings. The third-order valence-electron chi connectivity index (χ3n) is 2.65. The molecule has 0 aliphatic heterocycles. The molecule has 0 spiro atoms. The zero-order valence-corrected chi connectivity index (χ0v) is 12.1. The summed E-state index contributed by atoms with van der Waals surface area (Å²) in [5.41, 5.74) is 0. The highest BCUT2D eigenvalue weighted by Gasteiger charge is 2.05. The molecule has 0 rings (SSSR count). The molecule has 0 radical (unpaired) electrons. The predicted molar refractivity (Wildman–Crippen MR) is 73.2 cm³/mol. The summed E-state index contributed by atoms with van der Waals surface area (Å²) in [7, 11) is 0. The van der Waals surface area contributed by atoms with E-state index < -0.39 is 12.1 Å². The Morgan fingerprint density at radius 2 is 1.68 bits per heavy atom. The Kier molecular flexibility index (Phi) is 12.0. The number of carbonyl (C=O) groups is 1. The van der Waals surface area contributed by atoms with Crippen LogP contribution in [0.25, 0.3) is 0 Å². The van der Waals surface area contributed by atoms with Crippen LogP contribution in [0.3, 0.4) is 0 Å². The van der Waals surface area contributed by atoms with E-state index in [9.17, 15) is 9.90 Å². The van der Waals surface area contributed by atoms with E-state index in [1.165, 1.54) is 12.8 Å². The summed E-state index contributed by atoms with van der Waals surface area (Å²) in [6.45, 7) is 5.60. The van der Waals surface area contributed by atoms with Crippen molar-refractivity contribution in [2.45, 2.75) is 52.1 Å². The van der Waals surface area contributed by atoms with Gasteiger partial charge in [0, 0.05) is 6.61 Å². The molecule has 19 heavy (non-hydrogen) atoms. The number of carboxylic acid groups (broad SMARTS) is 1. The van der Waals surface area contributed by atoms with E-state index in [4.69, 9.17) is 14.6 Å². The van der Waals surface area contributed by atoms with Gasteiger partial charge in [-0.1, -0.05) is 33.1 Å². The van der Waals surface area contributed by atoms with Gasteiger partial charge in [0.05, 0.1) is 26.2 Å². The minimum Gasteiger partial charge on any atom is -0.481 e. The normalized spacial score (nSPS) is 12.8. The standard InChI is InChI=1S/C14H28O5/c1-12(2)6-4-3-5-8-18-10-13(15)11-19-9-7-14(16)17/h12-13,15H,3-11H2,1-2H3,(H,16,17). The maximum Gasteiger partial charge on any atom is 0.305 e. The van der Waals surface area contributed by atoms with E-state index in [0.29, 0.717) is 6.61 Å². The highest BCUT2D eigenvalue weighted by molar-refractivity contribution is 5.66. The number of hydrogen-bond acceptors (Lipinski definition) is 4. The lowest BCUT2D eigenvalue weighted by Gasteiger charge is -2.11. The quantitative estimate of drug-likeness (QED) is 0.504. The summed E-state index contributed by atoms with van der Waals surface area (Å²) >= 11 is 0. The molecule has 0 aliphatic carbocycles. The number of ether oxygens (including phenoxy) is 2. The van der Waals surface area contributed by atoms with Gasteiger partial charge in [-0.3, -0.25) is 4.79 Å². The van der Waals surface area contributed by atoms with Gasteiger partial charge in [-0.15, -0.1) is 0 Å². The number of aliphatic carboxylic acids is 1. The second-order valence-corrected chi connectivity index (χ2v) is 5.19. The van der Waals surface area contributed by atoms with Gasteiger partial charge < -0.3 is 19.7 Å². The smallest absolute Gasteiger partial charge is 0.305 e. The van der Waals surface area contributed by atoms with E-state index in [-0.39, 0.29) is 26.2 Å². The molecule has 0 aromatic carbocycles. The first-order chi connectivity index (χ1) is 9.02. The van der Waals surface area contributed by atoms with Crippen molar-refractivity contribution >= 4 is 5.97 Å². The zero-order valence-electron chi connectivity index (χ0n) is 12.1. The Bertz CT molecular complexity index is 218. The lowest BCUT2D eigenvalue weighted by molar-refractivity contribution is -0.138. The van der Waals surface area contributed by atoms with Crippen molar-refractivity contribution in [1.29, 1.82) is 0 Å². The van der Waals surface area contributed by atoms with E-state index >= 15 is 0 Å². The lowest BCUT2D eigenvalue weighted by atomic mass is 10.1. The molecule has 0 aliphatic rings. The first kappa shape index (κ1) is 18.4. The molecule has 0 heterocycles. The largest absolute Gasteiger partial charge is 0.481 e. The molecule has 1 atom stereocenters. The molecular formula is C14H28O5. The Balaban J connectivity index is 3.20. The van der Waals surface area contributed by atoms with Crippen LogP contribution < -0.4 is 0 Å². The van der Waals surface area contributed by atoms with Crippen molar-refractivity contribution in [2.24, 2.45) is 5.92 Å². The van der Waals surface area contributed by atoms with Gasteiger partial charge in [0.1, 0.15) is 6.10 Å². The number of unbranched alkanes of at least 4 members (excludes halogenated alkanes) is 2. The number of carboxylic acids is 1. The average Bonchev–Trinajstić information content (AvgIpc) is 2.33. The van der Waals surface area contributed by atoms with Crippen LogP contribution in [-0.2, 0) is 14.3 Å². The van der Waals surface area contributed by atoms with Crippen molar-refractivity contribution in [3.63, 3.8) is 0 Å². The number of rotatable bonds is 13. The van der Waals surface area contributed by atoms with Gasteiger partial charge >= 0.3 is 5.97 Å². The van der Waals surface area contributed by atoms with Crippen molar-refractivity contribution in [3.05, 3.63) is 0 Å². The maximum absolute atomic E-state index is 10.2. The Morgan fingerprint density at radius 3 is 2.26 bits per heavy atom. The van der Waals surface area contributed by atoms with Crippen LogP contribution in [-0.4, -0.2) is 48.7 Å². The van der Waals surface area contributed by atoms with E-state index in [0.717, 1.165) is 18.8 Å². The molecule has 114 valence electrons. The molecular weight excluding hydrogens is 248 g/mol. The molecule has 5 nitrogen and oxygen atoms in total. The Labute approximate surface area is 115 Å². The molecule has 2 N–H and O–H groups in total. The summed E-state index contributed by atoms with van der Waals surface area (Å²) in [5.74, 6) is -0.141. The first-order valence-electron chi connectivity index (χ1n) is 7.07. The SMILES string of the molecule is CC(C)CCCCCOCC(O)COCCC(=O)O. The summed E-state index contributed by atoms with van der Waals surface area (Å²) in [6, 6.07) is 0. The van der Waals surface area contributed by atoms with Crippen LogP contribution in [0, 0.1) is 5.92 Å². The number of aliphatic hydroxyl groups excluding tert-OH is 1. The first-order valence-corrected chi connectivity index (χ1v) is 7.07. The fourth-order valence-corrected chi connectivity index (χ4v) is 1.58. The Morgan fingerprint density at radius 1 is 1.05 bits per heavy atom. The topological polar surface area (TPSA) is 76.0 Å². The fourth-order valence-electron chi connectivity index (χ4n) is 1.58. The summed E-state index contributed by atoms with van der Waals surface area (Å²) in [4.78, 5) is 10.2. The van der Waals surface area contributed by atoms with Gasteiger partial charge in [-0.2, -0.15) is 0 Å². The third-order valence-corrected chi connectivity index (χ3v) is 2.65. The molecule has 0 bridgehead atoms. The van der Waals surface area contributed by atoms with Crippen molar-refractivity contribution in [2.75, 3.05) is 26.4 Å². The van der Waals surface area contributed by atoms with Crippen LogP contribution in [0.1, 0.15) is 46.0 Å². The van der Waals surface area contributed by atoms with Crippen LogP contribution in [0.4, 0.5) is 0 Å². The Hall–Kier alpha value is -0.650. The van der Waals surface area contributed by atoms with Crippen LogP contribution >= 0.6 is 0 Å². The maximum atomic E-state index is 10.2. The minimum atomic E-state index is -0.896. The molecule has 0 aromatic rings. The van der Waals surface area contributed by atoms with E-state index in [1.54, 1.807) is 0 Å². The zero-order chi connectivity index (χ0) is 14.5. The van der Waals surface area contributed by atoms with Gasteiger partial charge in [0.2, 0.25) is 0 Å². The second-order valence-electron chi connectivity index (χ2n) is 5.19. The third kappa shape index (κ3) is 15.3. The summed E-state index contributed by atoms with van der Waals surface area (Å²) < 4.78 is 10.4.